The third-order valence-electron chi connectivity index (χ3n) is 4.58. The summed E-state index contributed by atoms with van der Waals surface area (Å²) in [4.78, 5) is 14.0. The highest BCUT2D eigenvalue weighted by molar-refractivity contribution is 5.92. The highest BCUT2D eigenvalue weighted by Crippen LogP contribution is 2.25. The predicted octanol–water partition coefficient (Wildman–Crippen LogP) is 3.83. The molecular formula is C21H21F3N2O2. The Morgan fingerprint density at radius 2 is 1.89 bits per heavy atom. The summed E-state index contributed by atoms with van der Waals surface area (Å²) in [5.74, 6) is -2.77. The number of nitrogens with zero attached hydrogens (tertiary/aromatic N) is 1. The molecule has 0 spiro atoms. The summed E-state index contributed by atoms with van der Waals surface area (Å²) < 4.78 is 46.3. The fourth-order valence-corrected chi connectivity index (χ4v) is 3.01. The number of ether oxygens (including phenoxy) is 1. The van der Waals surface area contributed by atoms with E-state index in [1.54, 1.807) is 19.1 Å². The van der Waals surface area contributed by atoms with Crippen molar-refractivity contribution < 1.29 is 22.7 Å². The van der Waals surface area contributed by atoms with Crippen molar-refractivity contribution in [3.05, 3.63) is 71.1 Å². The minimum absolute atomic E-state index is 0.0146. The molecule has 0 radical (unpaired) electrons. The van der Waals surface area contributed by atoms with Crippen LogP contribution in [0, 0.1) is 17.5 Å². The van der Waals surface area contributed by atoms with Crippen molar-refractivity contribution in [2.75, 3.05) is 31.2 Å². The number of carbonyl (C=O) groups is 1. The maximum Gasteiger partial charge on any atom is 0.244 e. The minimum atomic E-state index is -1.01. The summed E-state index contributed by atoms with van der Waals surface area (Å²) in [6.45, 7) is 4.05. The van der Waals surface area contributed by atoms with E-state index in [9.17, 15) is 18.0 Å². The average Bonchev–Trinajstić information content (AvgIpc) is 2.70. The van der Waals surface area contributed by atoms with Gasteiger partial charge in [0.25, 0.3) is 0 Å². The molecule has 1 unspecified atom stereocenters. The lowest BCUT2D eigenvalue weighted by atomic mass is 10.1. The zero-order valence-corrected chi connectivity index (χ0v) is 15.4. The van der Waals surface area contributed by atoms with E-state index in [4.69, 9.17) is 4.74 Å². The largest absolute Gasteiger partial charge is 0.378 e. The third-order valence-corrected chi connectivity index (χ3v) is 4.58. The van der Waals surface area contributed by atoms with Crippen LogP contribution in [0.3, 0.4) is 0 Å². The molecule has 4 nitrogen and oxygen atoms in total. The van der Waals surface area contributed by atoms with E-state index in [1.807, 2.05) is 4.90 Å². The van der Waals surface area contributed by atoms with E-state index in [2.05, 4.69) is 5.32 Å². The number of amides is 1. The van der Waals surface area contributed by atoms with Crippen molar-refractivity contribution in [3.63, 3.8) is 0 Å². The van der Waals surface area contributed by atoms with Gasteiger partial charge in [-0.15, -0.1) is 0 Å². The van der Waals surface area contributed by atoms with Crippen LogP contribution in [0.4, 0.5) is 18.9 Å². The lowest BCUT2D eigenvalue weighted by Gasteiger charge is -2.29. The van der Waals surface area contributed by atoms with Gasteiger partial charge in [-0.05, 0) is 36.8 Å². The highest BCUT2D eigenvalue weighted by atomic mass is 19.2. The zero-order valence-electron chi connectivity index (χ0n) is 15.4. The average molecular weight is 390 g/mol. The highest BCUT2D eigenvalue weighted by Gasteiger charge is 2.17. The van der Waals surface area contributed by atoms with E-state index in [-0.39, 0.29) is 11.4 Å². The predicted molar refractivity (Wildman–Crippen MR) is 101 cm³/mol. The number of nitrogens with one attached hydrogen (secondary N) is 1. The van der Waals surface area contributed by atoms with Crippen molar-refractivity contribution in [3.8, 4) is 0 Å². The number of anilines is 1. The number of morpholine rings is 1. The van der Waals surface area contributed by atoms with E-state index < -0.39 is 23.6 Å². The monoisotopic (exact) mass is 390 g/mol. The molecule has 1 aliphatic rings. The molecule has 7 heteroatoms. The molecule has 0 saturated carbocycles. The molecule has 0 bridgehead atoms. The maximum absolute atomic E-state index is 14.2. The molecule has 2 aromatic carbocycles. The molecule has 1 fully saturated rings. The summed E-state index contributed by atoms with van der Waals surface area (Å²) in [5.41, 5.74) is 1.19. The summed E-state index contributed by atoms with van der Waals surface area (Å²) in [6, 6.07) is 8.05. The SMILES string of the molecule is CC(NC(=O)C=Cc1cccc(F)c1F)c1ccc(F)c(N2CCOCC2)c1. The van der Waals surface area contributed by atoms with Crippen LogP contribution in [0.5, 0.6) is 0 Å². The molecular weight excluding hydrogens is 369 g/mol. The molecule has 1 atom stereocenters. The first-order valence-corrected chi connectivity index (χ1v) is 9.00. The van der Waals surface area contributed by atoms with Crippen LogP contribution in [0.25, 0.3) is 6.08 Å². The van der Waals surface area contributed by atoms with Gasteiger partial charge in [0.1, 0.15) is 5.82 Å². The van der Waals surface area contributed by atoms with Gasteiger partial charge < -0.3 is 15.0 Å². The quantitative estimate of drug-likeness (QED) is 0.789. The lowest BCUT2D eigenvalue weighted by Crippen LogP contribution is -2.37. The van der Waals surface area contributed by atoms with E-state index in [0.717, 1.165) is 17.7 Å². The van der Waals surface area contributed by atoms with Crippen LogP contribution in [-0.2, 0) is 9.53 Å². The van der Waals surface area contributed by atoms with Crippen molar-refractivity contribution >= 4 is 17.7 Å². The van der Waals surface area contributed by atoms with E-state index in [0.29, 0.717) is 32.0 Å². The second-order valence-electron chi connectivity index (χ2n) is 6.52. The van der Waals surface area contributed by atoms with Crippen molar-refractivity contribution in [1.82, 2.24) is 5.32 Å². The van der Waals surface area contributed by atoms with Crippen molar-refractivity contribution in [2.45, 2.75) is 13.0 Å². The Hall–Kier alpha value is -2.80. The summed E-state index contributed by atoms with van der Waals surface area (Å²) >= 11 is 0. The topological polar surface area (TPSA) is 41.6 Å². The lowest BCUT2D eigenvalue weighted by molar-refractivity contribution is -0.117. The van der Waals surface area contributed by atoms with Gasteiger partial charge in [0.05, 0.1) is 24.9 Å². The second-order valence-corrected chi connectivity index (χ2v) is 6.52. The van der Waals surface area contributed by atoms with E-state index in [1.165, 1.54) is 24.3 Å². The van der Waals surface area contributed by atoms with Crippen molar-refractivity contribution in [1.29, 1.82) is 0 Å². The molecule has 0 aromatic heterocycles. The van der Waals surface area contributed by atoms with Gasteiger partial charge >= 0.3 is 0 Å². The second kappa shape index (κ2) is 8.93. The van der Waals surface area contributed by atoms with Gasteiger partial charge in [0.15, 0.2) is 11.6 Å². The van der Waals surface area contributed by atoms with Crippen LogP contribution in [-0.4, -0.2) is 32.2 Å². The zero-order chi connectivity index (χ0) is 20.1. The Kier molecular flexibility index (Phi) is 6.36. The smallest absolute Gasteiger partial charge is 0.244 e. The van der Waals surface area contributed by atoms with Crippen molar-refractivity contribution in [2.24, 2.45) is 0 Å². The molecule has 2 aromatic rings. The van der Waals surface area contributed by atoms with Gasteiger partial charge in [-0.1, -0.05) is 18.2 Å². The third kappa shape index (κ3) is 4.72. The number of benzene rings is 2. The number of halogens is 3. The number of rotatable bonds is 5. The van der Waals surface area contributed by atoms with Crippen LogP contribution >= 0.6 is 0 Å². The van der Waals surface area contributed by atoms with Crippen LogP contribution in [0.15, 0.2) is 42.5 Å². The molecule has 1 saturated heterocycles. The van der Waals surface area contributed by atoms with Crippen LogP contribution in [0.1, 0.15) is 24.1 Å². The maximum atomic E-state index is 14.2. The van der Waals surface area contributed by atoms with Gasteiger partial charge in [-0.2, -0.15) is 0 Å². The van der Waals surface area contributed by atoms with Gasteiger partial charge in [-0.3, -0.25) is 4.79 Å². The normalized spacial score (nSPS) is 15.6. The molecule has 1 N–H and O–H groups in total. The summed E-state index contributed by atoms with van der Waals surface area (Å²) in [6.07, 6.45) is 2.35. The Balaban J connectivity index is 1.68. The minimum Gasteiger partial charge on any atom is -0.378 e. The van der Waals surface area contributed by atoms with Gasteiger partial charge in [0.2, 0.25) is 5.91 Å². The molecule has 148 valence electrons. The Morgan fingerprint density at radius 3 is 2.64 bits per heavy atom. The molecule has 28 heavy (non-hydrogen) atoms. The first-order chi connectivity index (χ1) is 13.5. The number of hydrogen-bond donors (Lipinski definition) is 1. The summed E-state index contributed by atoms with van der Waals surface area (Å²) in [5, 5.41) is 2.74. The molecule has 0 aliphatic carbocycles. The van der Waals surface area contributed by atoms with Gasteiger partial charge in [-0.25, -0.2) is 13.2 Å². The molecule has 1 aliphatic heterocycles. The summed E-state index contributed by atoms with van der Waals surface area (Å²) in [7, 11) is 0. The molecule has 3 rings (SSSR count). The fraction of sp³-hybridized carbons (Fsp3) is 0.286. The first-order valence-electron chi connectivity index (χ1n) is 9.00. The fourth-order valence-electron chi connectivity index (χ4n) is 3.01. The van der Waals surface area contributed by atoms with Gasteiger partial charge in [0, 0.05) is 24.7 Å². The Bertz CT molecular complexity index is 880. The Morgan fingerprint density at radius 1 is 1.14 bits per heavy atom. The number of carbonyl (C=O) groups excluding carboxylic acids is 1. The molecule has 1 heterocycles. The van der Waals surface area contributed by atoms with Crippen LogP contribution < -0.4 is 10.2 Å². The van der Waals surface area contributed by atoms with E-state index >= 15 is 0 Å². The standard InChI is InChI=1S/C21H21F3N2O2/c1-14(25-20(27)8-6-15-3-2-4-18(23)21(15)24)16-5-7-17(22)19(13-16)26-9-11-28-12-10-26/h2-8,13-14H,9-12H2,1H3,(H,25,27). The molecule has 1 amide bonds. The van der Waals surface area contributed by atoms with Crippen LogP contribution in [0.2, 0.25) is 0 Å². The first kappa shape index (κ1) is 19.9. The Labute approximate surface area is 161 Å². The number of hydrogen-bond acceptors (Lipinski definition) is 3.